The molecule has 0 unspecified atom stereocenters. The van der Waals surface area contributed by atoms with E-state index in [0.29, 0.717) is 5.13 Å². The van der Waals surface area contributed by atoms with Crippen LogP contribution in [0.3, 0.4) is 0 Å². The lowest BCUT2D eigenvalue weighted by Gasteiger charge is -2.06. The molecule has 6 heteroatoms. The van der Waals surface area contributed by atoms with E-state index < -0.39 is 0 Å². The van der Waals surface area contributed by atoms with Gasteiger partial charge in [-0.05, 0) is 12.8 Å². The van der Waals surface area contributed by atoms with Crippen molar-refractivity contribution >= 4 is 34.1 Å². The average Bonchev–Trinajstić information content (AvgIpc) is 2.97. The summed E-state index contributed by atoms with van der Waals surface area (Å²) in [6, 6.07) is 0. The third-order valence-corrected chi connectivity index (χ3v) is 4.31. The minimum atomic E-state index is 0.0337. The van der Waals surface area contributed by atoms with Crippen LogP contribution in [0.15, 0.2) is 29.1 Å². The molecule has 1 aromatic rings. The summed E-state index contributed by atoms with van der Waals surface area (Å²) in [6.45, 7) is 3.64. The van der Waals surface area contributed by atoms with E-state index >= 15 is 0 Å². The maximum atomic E-state index is 11.8. The van der Waals surface area contributed by atoms with Gasteiger partial charge in [-0.2, -0.15) is 0 Å². The topological polar surface area (TPSA) is 54.9 Å². The lowest BCUT2D eigenvalue weighted by Crippen LogP contribution is -2.20. The number of hydrogen-bond acceptors (Lipinski definition) is 5. The Bertz CT molecular complexity index is 434. The predicted octanol–water partition coefficient (Wildman–Crippen LogP) is 2.72. The molecule has 0 bridgehead atoms. The molecule has 17 heavy (non-hydrogen) atoms. The van der Waals surface area contributed by atoms with Crippen molar-refractivity contribution in [2.75, 3.05) is 11.1 Å². The highest BCUT2D eigenvalue weighted by Crippen LogP contribution is 2.26. The third kappa shape index (κ3) is 3.41. The van der Waals surface area contributed by atoms with Crippen LogP contribution in [0.25, 0.3) is 0 Å². The van der Waals surface area contributed by atoms with Gasteiger partial charge in [0.1, 0.15) is 0 Å². The van der Waals surface area contributed by atoms with Crippen molar-refractivity contribution in [1.29, 1.82) is 0 Å². The summed E-state index contributed by atoms with van der Waals surface area (Å²) in [5.74, 6) is 0.893. The van der Waals surface area contributed by atoms with Gasteiger partial charge in [-0.1, -0.05) is 41.3 Å². The summed E-state index contributed by atoms with van der Waals surface area (Å²) in [6.07, 6.45) is 7.53. The molecule has 0 saturated carbocycles. The Morgan fingerprint density at radius 3 is 3.06 bits per heavy atom. The van der Waals surface area contributed by atoms with Crippen LogP contribution in [0.5, 0.6) is 0 Å². The fourth-order valence-corrected chi connectivity index (χ4v) is 3.00. The molecule has 0 aliphatic heterocycles. The summed E-state index contributed by atoms with van der Waals surface area (Å²) in [5, 5.41) is 11.3. The Morgan fingerprint density at radius 1 is 1.59 bits per heavy atom. The van der Waals surface area contributed by atoms with E-state index in [4.69, 9.17) is 0 Å². The number of amides is 1. The molecular weight excluding hydrogens is 254 g/mol. The molecule has 4 nitrogen and oxygen atoms in total. The lowest BCUT2D eigenvalue weighted by atomic mass is 10.1. The molecule has 2 rings (SSSR count). The first kappa shape index (κ1) is 12.3. The van der Waals surface area contributed by atoms with Crippen LogP contribution in [0.4, 0.5) is 5.13 Å². The maximum absolute atomic E-state index is 11.8. The molecule has 0 spiro atoms. The molecule has 1 aliphatic rings. The number of aromatic nitrogens is 2. The normalized spacial score (nSPS) is 15.1. The van der Waals surface area contributed by atoms with Gasteiger partial charge >= 0.3 is 0 Å². The van der Waals surface area contributed by atoms with Crippen LogP contribution in [-0.4, -0.2) is 21.9 Å². The van der Waals surface area contributed by atoms with E-state index in [-0.39, 0.29) is 11.8 Å². The molecule has 1 N–H and O–H groups in total. The number of anilines is 1. The van der Waals surface area contributed by atoms with Gasteiger partial charge in [0.25, 0.3) is 0 Å². The summed E-state index contributed by atoms with van der Waals surface area (Å²) in [7, 11) is 0. The first-order valence-corrected chi connectivity index (χ1v) is 7.13. The van der Waals surface area contributed by atoms with Crippen LogP contribution in [-0.2, 0) is 4.79 Å². The molecule has 0 radical (unpaired) electrons. The number of allylic oxidation sites excluding steroid dienone is 2. The Morgan fingerprint density at radius 2 is 2.35 bits per heavy atom. The van der Waals surface area contributed by atoms with Crippen molar-refractivity contribution in [3.8, 4) is 0 Å². The predicted molar refractivity (Wildman–Crippen MR) is 71.3 cm³/mol. The van der Waals surface area contributed by atoms with Crippen LogP contribution < -0.4 is 5.32 Å². The highest BCUT2D eigenvalue weighted by molar-refractivity contribution is 8.01. The van der Waals surface area contributed by atoms with Crippen molar-refractivity contribution in [3.05, 3.63) is 24.8 Å². The Hall–Kier alpha value is -1.14. The minimum absolute atomic E-state index is 0.0337. The SMILES string of the molecule is C=CCSc1nnc(NC(=O)C2CC=CC2)s1. The Kier molecular flexibility index (Phi) is 4.33. The lowest BCUT2D eigenvalue weighted by molar-refractivity contribution is -0.119. The summed E-state index contributed by atoms with van der Waals surface area (Å²) in [5.41, 5.74) is 0. The first-order valence-electron chi connectivity index (χ1n) is 5.32. The highest BCUT2D eigenvalue weighted by Gasteiger charge is 2.20. The van der Waals surface area contributed by atoms with Gasteiger partial charge in [0.2, 0.25) is 11.0 Å². The fraction of sp³-hybridized carbons (Fsp3) is 0.364. The second kappa shape index (κ2) is 5.97. The van der Waals surface area contributed by atoms with Gasteiger partial charge in [0.15, 0.2) is 4.34 Å². The zero-order chi connectivity index (χ0) is 12.1. The van der Waals surface area contributed by atoms with Gasteiger partial charge in [-0.15, -0.1) is 16.8 Å². The first-order chi connectivity index (χ1) is 8.29. The van der Waals surface area contributed by atoms with Crippen LogP contribution >= 0.6 is 23.1 Å². The summed E-state index contributed by atoms with van der Waals surface area (Å²) in [4.78, 5) is 11.8. The number of carbonyl (C=O) groups excluding carboxylic acids is 1. The molecular formula is C11H13N3OS2. The van der Waals surface area contributed by atoms with E-state index in [2.05, 4.69) is 22.1 Å². The van der Waals surface area contributed by atoms with Crippen molar-refractivity contribution < 1.29 is 4.79 Å². The van der Waals surface area contributed by atoms with Crippen molar-refractivity contribution in [1.82, 2.24) is 10.2 Å². The quantitative estimate of drug-likeness (QED) is 0.506. The van der Waals surface area contributed by atoms with Gasteiger partial charge in [-0.3, -0.25) is 4.79 Å². The number of nitrogens with zero attached hydrogens (tertiary/aromatic N) is 2. The third-order valence-electron chi connectivity index (χ3n) is 2.34. The van der Waals surface area contributed by atoms with Gasteiger partial charge in [0.05, 0.1) is 0 Å². The number of nitrogens with one attached hydrogen (secondary N) is 1. The molecule has 1 amide bonds. The molecule has 0 saturated heterocycles. The van der Waals surface area contributed by atoms with Crippen LogP contribution in [0.2, 0.25) is 0 Å². The molecule has 1 aromatic heterocycles. The number of hydrogen-bond donors (Lipinski definition) is 1. The number of thioether (sulfide) groups is 1. The van der Waals surface area contributed by atoms with Gasteiger partial charge in [0, 0.05) is 11.7 Å². The van der Waals surface area contributed by atoms with Crippen molar-refractivity contribution in [2.24, 2.45) is 5.92 Å². The largest absolute Gasteiger partial charge is 0.300 e. The minimum Gasteiger partial charge on any atom is -0.300 e. The van der Waals surface area contributed by atoms with E-state index in [9.17, 15) is 4.79 Å². The molecule has 90 valence electrons. The van der Waals surface area contributed by atoms with E-state index in [1.807, 2.05) is 18.2 Å². The van der Waals surface area contributed by atoms with Gasteiger partial charge in [-0.25, -0.2) is 0 Å². The number of carbonyl (C=O) groups is 1. The molecule has 1 heterocycles. The van der Waals surface area contributed by atoms with Gasteiger partial charge < -0.3 is 5.32 Å². The van der Waals surface area contributed by atoms with E-state index in [1.54, 1.807) is 11.8 Å². The fourth-order valence-electron chi connectivity index (χ4n) is 1.49. The smallest absolute Gasteiger partial charge is 0.229 e. The molecule has 0 aromatic carbocycles. The van der Waals surface area contributed by atoms with Crippen LogP contribution in [0.1, 0.15) is 12.8 Å². The summed E-state index contributed by atoms with van der Waals surface area (Å²) < 4.78 is 0.852. The Balaban J connectivity index is 1.87. The monoisotopic (exact) mass is 267 g/mol. The zero-order valence-corrected chi connectivity index (χ0v) is 10.9. The average molecular weight is 267 g/mol. The standard InChI is InChI=1S/C11H13N3OS2/c1-2-7-16-11-14-13-10(17-11)12-9(15)8-5-3-4-6-8/h2-4,8H,1,5-7H2,(H,12,13,15). The van der Waals surface area contributed by atoms with E-state index in [0.717, 1.165) is 22.9 Å². The van der Waals surface area contributed by atoms with Crippen molar-refractivity contribution in [2.45, 2.75) is 17.2 Å². The second-order valence-electron chi connectivity index (χ2n) is 3.60. The second-order valence-corrected chi connectivity index (χ2v) is 5.85. The zero-order valence-electron chi connectivity index (χ0n) is 9.26. The molecule has 0 fully saturated rings. The van der Waals surface area contributed by atoms with Crippen molar-refractivity contribution in [3.63, 3.8) is 0 Å². The summed E-state index contributed by atoms with van der Waals surface area (Å²) >= 11 is 2.96. The van der Waals surface area contributed by atoms with E-state index in [1.165, 1.54) is 11.3 Å². The Labute approximate surface area is 108 Å². The molecule has 0 atom stereocenters. The highest BCUT2D eigenvalue weighted by atomic mass is 32.2. The molecule has 1 aliphatic carbocycles. The van der Waals surface area contributed by atoms with Crippen LogP contribution in [0, 0.1) is 5.92 Å². The number of rotatable bonds is 5. The maximum Gasteiger partial charge on any atom is 0.229 e.